The zero-order valence-corrected chi connectivity index (χ0v) is 12.5. The molecule has 1 fully saturated rings. The van der Waals surface area contributed by atoms with Crippen molar-refractivity contribution in [3.63, 3.8) is 0 Å². The number of rotatable bonds is 6. The Morgan fingerprint density at radius 2 is 1.95 bits per heavy atom. The zero-order valence-electron chi connectivity index (χ0n) is 11.7. The molecule has 0 aliphatic heterocycles. The highest BCUT2D eigenvalue weighted by molar-refractivity contribution is 7.98. The highest BCUT2D eigenvalue weighted by Gasteiger charge is 2.41. The molecule has 0 aromatic heterocycles. The number of thioether (sulfide) groups is 1. The summed E-state index contributed by atoms with van der Waals surface area (Å²) in [6, 6.07) is -0.270. The molecule has 0 radical (unpaired) electrons. The molecule has 2 amide bonds. The van der Waals surface area contributed by atoms with Gasteiger partial charge in [-0.2, -0.15) is 11.8 Å². The normalized spacial score (nSPS) is 26.7. The molecule has 0 bridgehead atoms. The van der Waals surface area contributed by atoms with Gasteiger partial charge in [-0.25, -0.2) is 4.79 Å². The van der Waals surface area contributed by atoms with E-state index in [-0.39, 0.29) is 12.6 Å². The zero-order chi connectivity index (χ0) is 14.3. The number of carbonyl (C=O) groups is 2. The van der Waals surface area contributed by atoms with Gasteiger partial charge in [-0.1, -0.05) is 6.92 Å². The highest BCUT2D eigenvalue weighted by Crippen LogP contribution is 2.38. The summed E-state index contributed by atoms with van der Waals surface area (Å²) >= 11 is 1.66. The van der Waals surface area contributed by atoms with Gasteiger partial charge in [0.15, 0.2) is 0 Å². The lowest BCUT2D eigenvalue weighted by atomic mass is 9.71. The molecule has 110 valence electrons. The molecule has 0 atom stereocenters. The van der Waals surface area contributed by atoms with Crippen molar-refractivity contribution in [1.29, 1.82) is 0 Å². The van der Waals surface area contributed by atoms with Crippen LogP contribution in [0.15, 0.2) is 0 Å². The molecule has 19 heavy (non-hydrogen) atoms. The molecule has 5 nitrogen and oxygen atoms in total. The molecule has 0 aromatic rings. The molecule has 0 unspecified atom stereocenters. The van der Waals surface area contributed by atoms with Gasteiger partial charge < -0.3 is 15.7 Å². The van der Waals surface area contributed by atoms with Crippen molar-refractivity contribution in [1.82, 2.24) is 10.6 Å². The van der Waals surface area contributed by atoms with E-state index in [1.165, 1.54) is 0 Å². The van der Waals surface area contributed by atoms with Crippen LogP contribution in [0.3, 0.4) is 0 Å². The number of carboxylic acid groups (broad SMARTS) is 1. The Balaban J connectivity index is 2.42. The molecule has 0 spiro atoms. The number of carboxylic acids is 1. The Labute approximate surface area is 118 Å². The molecule has 0 heterocycles. The minimum atomic E-state index is -0.788. The fourth-order valence-corrected chi connectivity index (χ4v) is 2.67. The summed E-state index contributed by atoms with van der Waals surface area (Å²) in [5, 5.41) is 14.9. The molecular formula is C13H24N2O3S. The van der Waals surface area contributed by atoms with Gasteiger partial charge in [0.25, 0.3) is 0 Å². The first kappa shape index (κ1) is 16.1. The Hall–Kier alpha value is -0.910. The number of nitrogens with one attached hydrogen (secondary N) is 2. The predicted molar refractivity (Wildman–Crippen MR) is 77.5 cm³/mol. The lowest BCUT2D eigenvalue weighted by molar-refractivity contribution is -0.151. The summed E-state index contributed by atoms with van der Waals surface area (Å²) in [7, 11) is 0. The summed E-state index contributed by atoms with van der Waals surface area (Å²) in [6.07, 6.45) is 5.11. The molecule has 1 aliphatic carbocycles. The largest absolute Gasteiger partial charge is 0.481 e. The summed E-state index contributed by atoms with van der Waals surface area (Å²) in [5.41, 5.74) is -0.774. The van der Waals surface area contributed by atoms with Crippen LogP contribution in [0.5, 0.6) is 0 Å². The quantitative estimate of drug-likeness (QED) is 0.653. The summed E-state index contributed by atoms with van der Waals surface area (Å²) < 4.78 is 0. The van der Waals surface area contributed by atoms with Crippen molar-refractivity contribution < 1.29 is 14.7 Å². The lowest BCUT2D eigenvalue weighted by Gasteiger charge is -2.35. The van der Waals surface area contributed by atoms with Crippen molar-refractivity contribution in [3.8, 4) is 0 Å². The topological polar surface area (TPSA) is 78.4 Å². The standard InChI is InChI=1S/C13H24N2O3S/c1-10-3-5-13(6-4-10,11(16)17)9-15-12(18)14-7-8-19-2/h10H,3-9H2,1-2H3,(H,16,17)(H2,14,15,18). The number of hydrogen-bond acceptors (Lipinski definition) is 3. The van der Waals surface area contributed by atoms with Crippen LogP contribution in [0, 0.1) is 11.3 Å². The van der Waals surface area contributed by atoms with Gasteiger partial charge in [0.2, 0.25) is 0 Å². The first-order valence-electron chi connectivity index (χ1n) is 6.74. The fraction of sp³-hybridized carbons (Fsp3) is 0.846. The second-order valence-electron chi connectivity index (χ2n) is 5.37. The molecule has 1 saturated carbocycles. The summed E-state index contributed by atoms with van der Waals surface area (Å²) in [5.74, 6) is 0.654. The molecule has 1 aliphatic rings. The molecular weight excluding hydrogens is 264 g/mol. The van der Waals surface area contributed by atoms with Gasteiger partial charge in [0, 0.05) is 18.8 Å². The van der Waals surface area contributed by atoms with E-state index in [1.807, 2.05) is 6.26 Å². The van der Waals surface area contributed by atoms with Gasteiger partial charge in [-0.15, -0.1) is 0 Å². The second-order valence-corrected chi connectivity index (χ2v) is 6.36. The smallest absolute Gasteiger partial charge is 0.314 e. The Bertz CT molecular complexity index is 315. The maximum atomic E-state index is 11.6. The third kappa shape index (κ3) is 4.93. The van der Waals surface area contributed by atoms with Crippen molar-refractivity contribution in [2.24, 2.45) is 11.3 Å². The number of carbonyl (C=O) groups excluding carboxylic acids is 1. The van der Waals surface area contributed by atoms with Crippen LogP contribution >= 0.6 is 11.8 Å². The van der Waals surface area contributed by atoms with Crippen LogP contribution in [0.25, 0.3) is 0 Å². The van der Waals surface area contributed by atoms with Crippen LogP contribution in [-0.2, 0) is 4.79 Å². The number of amides is 2. The summed E-state index contributed by atoms with van der Waals surface area (Å²) in [6.45, 7) is 2.97. The van der Waals surface area contributed by atoms with Crippen molar-refractivity contribution in [3.05, 3.63) is 0 Å². The maximum Gasteiger partial charge on any atom is 0.314 e. The van der Waals surface area contributed by atoms with Gasteiger partial charge in [0.1, 0.15) is 0 Å². The van der Waals surface area contributed by atoms with E-state index in [0.29, 0.717) is 25.3 Å². The molecule has 1 rings (SSSR count). The Morgan fingerprint density at radius 3 is 2.47 bits per heavy atom. The van der Waals surface area contributed by atoms with E-state index in [9.17, 15) is 14.7 Å². The second kappa shape index (κ2) is 7.62. The van der Waals surface area contributed by atoms with Crippen LogP contribution in [0.1, 0.15) is 32.6 Å². The van der Waals surface area contributed by atoms with E-state index in [4.69, 9.17) is 0 Å². The lowest BCUT2D eigenvalue weighted by Crippen LogP contribution is -2.48. The number of hydrogen-bond donors (Lipinski definition) is 3. The first-order valence-corrected chi connectivity index (χ1v) is 8.13. The van der Waals surface area contributed by atoms with Gasteiger partial charge in [-0.05, 0) is 37.9 Å². The van der Waals surface area contributed by atoms with Gasteiger partial charge in [-0.3, -0.25) is 4.79 Å². The number of urea groups is 1. The molecule has 6 heteroatoms. The molecule has 0 aromatic carbocycles. The van der Waals surface area contributed by atoms with E-state index in [2.05, 4.69) is 17.6 Å². The fourth-order valence-electron chi connectivity index (χ4n) is 2.36. The van der Waals surface area contributed by atoms with Crippen LogP contribution in [0.2, 0.25) is 0 Å². The minimum Gasteiger partial charge on any atom is -0.481 e. The van der Waals surface area contributed by atoms with E-state index < -0.39 is 11.4 Å². The van der Waals surface area contributed by atoms with Crippen molar-refractivity contribution in [2.75, 3.05) is 25.1 Å². The van der Waals surface area contributed by atoms with Crippen molar-refractivity contribution in [2.45, 2.75) is 32.6 Å². The first-order chi connectivity index (χ1) is 9.00. The average molecular weight is 288 g/mol. The SMILES string of the molecule is CSCCNC(=O)NCC1(C(=O)O)CCC(C)CC1. The summed E-state index contributed by atoms with van der Waals surface area (Å²) in [4.78, 5) is 23.0. The van der Waals surface area contributed by atoms with E-state index in [0.717, 1.165) is 18.6 Å². The predicted octanol–water partition coefficient (Wildman–Crippen LogP) is 1.93. The number of aliphatic carboxylic acids is 1. The van der Waals surface area contributed by atoms with Gasteiger partial charge in [0.05, 0.1) is 5.41 Å². The highest BCUT2D eigenvalue weighted by atomic mass is 32.2. The van der Waals surface area contributed by atoms with Crippen LogP contribution in [-0.4, -0.2) is 42.2 Å². The van der Waals surface area contributed by atoms with Crippen LogP contribution < -0.4 is 10.6 Å². The maximum absolute atomic E-state index is 11.6. The third-order valence-electron chi connectivity index (χ3n) is 3.86. The average Bonchev–Trinajstić information content (AvgIpc) is 2.38. The Kier molecular flexibility index (Phi) is 6.48. The van der Waals surface area contributed by atoms with Crippen LogP contribution in [0.4, 0.5) is 4.79 Å². The monoisotopic (exact) mass is 288 g/mol. The minimum absolute atomic E-state index is 0.222. The Morgan fingerprint density at radius 1 is 1.32 bits per heavy atom. The molecule has 0 saturated heterocycles. The third-order valence-corrected chi connectivity index (χ3v) is 4.48. The van der Waals surface area contributed by atoms with E-state index >= 15 is 0 Å². The molecule has 3 N–H and O–H groups in total. The van der Waals surface area contributed by atoms with E-state index in [1.54, 1.807) is 11.8 Å². The van der Waals surface area contributed by atoms with Gasteiger partial charge >= 0.3 is 12.0 Å². The van der Waals surface area contributed by atoms with Crippen molar-refractivity contribution >= 4 is 23.8 Å².